The molecule has 3 aromatic rings. The molecule has 1 atom stereocenters. The number of carbonyl (C=O) groups excluding carboxylic acids is 1. The third-order valence-electron chi connectivity index (χ3n) is 4.79. The smallest absolute Gasteiger partial charge is 0.265 e. The van der Waals surface area contributed by atoms with Crippen molar-refractivity contribution in [3.8, 4) is 0 Å². The van der Waals surface area contributed by atoms with Crippen LogP contribution in [0.5, 0.6) is 0 Å². The second-order valence-electron chi connectivity index (χ2n) is 6.61. The van der Waals surface area contributed by atoms with Crippen LogP contribution >= 0.6 is 23.2 Å². The maximum absolute atomic E-state index is 13.0. The summed E-state index contributed by atoms with van der Waals surface area (Å²) < 4.78 is 27.1. The molecule has 5 nitrogen and oxygen atoms in total. The van der Waals surface area contributed by atoms with Gasteiger partial charge >= 0.3 is 0 Å². The van der Waals surface area contributed by atoms with Crippen molar-refractivity contribution in [3.05, 3.63) is 70.2 Å². The van der Waals surface area contributed by atoms with E-state index in [1.54, 1.807) is 49.4 Å². The summed E-state index contributed by atoms with van der Waals surface area (Å²) in [5, 5.41) is 5.11. The molecule has 1 aliphatic heterocycles. The first-order valence-corrected chi connectivity index (χ1v) is 10.8. The summed E-state index contributed by atoms with van der Waals surface area (Å²) in [4.78, 5) is 12.8. The third-order valence-corrected chi connectivity index (χ3v) is 7.33. The molecule has 1 unspecified atom stereocenters. The molecule has 0 saturated heterocycles. The second kappa shape index (κ2) is 6.95. The van der Waals surface area contributed by atoms with E-state index in [1.165, 1.54) is 0 Å². The fraction of sp³-hybridized carbons (Fsp3) is 0.150. The molecule has 0 bridgehead atoms. The van der Waals surface area contributed by atoms with Crippen molar-refractivity contribution >= 4 is 55.6 Å². The number of hydrogen-bond donors (Lipinski definition) is 1. The fourth-order valence-electron chi connectivity index (χ4n) is 3.41. The molecule has 0 fully saturated rings. The number of carbonyl (C=O) groups is 1. The first kappa shape index (κ1) is 19.1. The number of nitrogens with one attached hydrogen (secondary N) is 1. The zero-order chi connectivity index (χ0) is 20.1. The predicted octanol–water partition coefficient (Wildman–Crippen LogP) is 4.53. The average Bonchev–Trinajstić information content (AvgIpc) is 2.87. The Morgan fingerprint density at radius 3 is 2.50 bits per heavy atom. The second-order valence-corrected chi connectivity index (χ2v) is 9.25. The molecular weight excluding hydrogens is 419 g/mol. The van der Waals surface area contributed by atoms with E-state index in [0.29, 0.717) is 21.1 Å². The van der Waals surface area contributed by atoms with Crippen molar-refractivity contribution in [2.75, 3.05) is 10.8 Å². The Bertz CT molecular complexity index is 1210. The van der Waals surface area contributed by atoms with Gasteiger partial charge in [-0.15, -0.1) is 0 Å². The van der Waals surface area contributed by atoms with Gasteiger partial charge in [-0.25, -0.2) is 8.42 Å². The molecule has 0 radical (unpaired) electrons. The van der Waals surface area contributed by atoms with E-state index in [9.17, 15) is 13.2 Å². The molecule has 1 heterocycles. The van der Waals surface area contributed by atoms with Crippen molar-refractivity contribution in [2.24, 2.45) is 0 Å². The standard InChI is InChI=1S/C20H16Cl2N2O3S/c1-12(14-8-9-15(21)16(22)10-14)23-19(25)11-24-17-6-2-4-13-5-3-7-18(20(13)17)28(24,26)27/h2-10,12H,11H2,1H3,(H,23,25). The number of halogens is 2. The Balaban J connectivity index is 1.58. The number of nitrogens with zero attached hydrogens (tertiary/aromatic N) is 1. The molecule has 28 heavy (non-hydrogen) atoms. The van der Waals surface area contributed by atoms with Crippen LogP contribution in [0.4, 0.5) is 5.69 Å². The van der Waals surface area contributed by atoms with E-state index >= 15 is 0 Å². The largest absolute Gasteiger partial charge is 0.348 e. The van der Waals surface area contributed by atoms with Gasteiger partial charge in [-0.3, -0.25) is 9.10 Å². The Morgan fingerprint density at radius 1 is 1.07 bits per heavy atom. The van der Waals surface area contributed by atoms with Crippen LogP contribution in [0.3, 0.4) is 0 Å². The lowest BCUT2D eigenvalue weighted by Crippen LogP contribution is -2.39. The number of anilines is 1. The SMILES string of the molecule is CC(NC(=O)CN1c2cccc3cccc(c23)S1(=O)=O)c1ccc(Cl)c(Cl)c1. The van der Waals surface area contributed by atoms with Crippen molar-refractivity contribution in [1.29, 1.82) is 0 Å². The molecular formula is C20H16Cl2N2O3S. The molecule has 0 aromatic heterocycles. The number of hydrogen-bond acceptors (Lipinski definition) is 3. The molecule has 0 aliphatic carbocycles. The lowest BCUT2D eigenvalue weighted by atomic mass is 10.1. The van der Waals surface area contributed by atoms with Gasteiger partial charge in [0.15, 0.2) is 0 Å². The highest BCUT2D eigenvalue weighted by atomic mass is 35.5. The molecule has 0 saturated carbocycles. The van der Waals surface area contributed by atoms with Crippen LogP contribution in [-0.4, -0.2) is 20.9 Å². The number of amides is 1. The highest BCUT2D eigenvalue weighted by Gasteiger charge is 2.36. The molecule has 3 aromatic carbocycles. The molecule has 1 N–H and O–H groups in total. The van der Waals surface area contributed by atoms with Crippen molar-refractivity contribution in [3.63, 3.8) is 0 Å². The van der Waals surface area contributed by atoms with Gasteiger partial charge in [-0.05, 0) is 42.1 Å². The Kier molecular flexibility index (Phi) is 4.73. The highest BCUT2D eigenvalue weighted by Crippen LogP contribution is 2.41. The summed E-state index contributed by atoms with van der Waals surface area (Å²) in [6.07, 6.45) is 0. The Labute approximate surface area is 172 Å². The van der Waals surface area contributed by atoms with Crippen molar-refractivity contribution in [1.82, 2.24) is 5.32 Å². The maximum Gasteiger partial charge on any atom is 0.265 e. The van der Waals surface area contributed by atoms with Gasteiger partial charge in [-0.2, -0.15) is 0 Å². The average molecular weight is 435 g/mol. The zero-order valence-corrected chi connectivity index (χ0v) is 17.1. The van der Waals surface area contributed by atoms with Gasteiger partial charge in [0, 0.05) is 5.39 Å². The molecule has 0 spiro atoms. The predicted molar refractivity (Wildman–Crippen MR) is 111 cm³/mol. The molecule has 4 rings (SSSR count). The number of rotatable bonds is 4. The van der Waals surface area contributed by atoms with Gasteiger partial charge in [0.1, 0.15) is 6.54 Å². The lowest BCUT2D eigenvalue weighted by Gasteiger charge is -2.20. The topological polar surface area (TPSA) is 66.5 Å². The lowest BCUT2D eigenvalue weighted by molar-refractivity contribution is -0.120. The van der Waals surface area contributed by atoms with Crippen LogP contribution in [-0.2, 0) is 14.8 Å². The Hall–Kier alpha value is -2.28. The van der Waals surface area contributed by atoms with E-state index < -0.39 is 15.9 Å². The van der Waals surface area contributed by atoms with Crippen LogP contribution in [0.15, 0.2) is 59.5 Å². The van der Waals surface area contributed by atoms with Crippen LogP contribution in [0.2, 0.25) is 10.0 Å². The van der Waals surface area contributed by atoms with E-state index in [1.807, 2.05) is 12.1 Å². The van der Waals surface area contributed by atoms with Crippen LogP contribution in [0.25, 0.3) is 10.8 Å². The minimum atomic E-state index is -3.77. The molecule has 1 amide bonds. The van der Waals surface area contributed by atoms with E-state index in [-0.39, 0.29) is 17.5 Å². The number of benzene rings is 3. The monoisotopic (exact) mass is 434 g/mol. The van der Waals surface area contributed by atoms with E-state index in [0.717, 1.165) is 15.3 Å². The van der Waals surface area contributed by atoms with Crippen molar-refractivity contribution < 1.29 is 13.2 Å². The maximum atomic E-state index is 13.0. The summed E-state index contributed by atoms with van der Waals surface area (Å²) in [5.74, 6) is -0.410. The first-order valence-electron chi connectivity index (χ1n) is 8.58. The summed E-state index contributed by atoms with van der Waals surface area (Å²) >= 11 is 12.0. The first-order chi connectivity index (χ1) is 13.3. The van der Waals surface area contributed by atoms with E-state index in [2.05, 4.69) is 5.32 Å². The summed E-state index contributed by atoms with van der Waals surface area (Å²) in [6, 6.07) is 15.2. The normalized spacial score (nSPS) is 15.6. The molecule has 144 valence electrons. The van der Waals surface area contributed by atoms with Gasteiger partial charge < -0.3 is 5.32 Å². The fourth-order valence-corrected chi connectivity index (χ4v) is 5.38. The van der Waals surface area contributed by atoms with Gasteiger partial charge in [0.2, 0.25) is 5.91 Å². The van der Waals surface area contributed by atoms with Gasteiger partial charge in [-0.1, -0.05) is 53.5 Å². The summed E-state index contributed by atoms with van der Waals surface area (Å²) in [6.45, 7) is 1.49. The van der Waals surface area contributed by atoms with Gasteiger partial charge in [0.25, 0.3) is 10.0 Å². The minimum absolute atomic E-state index is 0.228. The zero-order valence-electron chi connectivity index (χ0n) is 14.8. The van der Waals surface area contributed by atoms with Crippen LogP contribution in [0.1, 0.15) is 18.5 Å². The summed E-state index contributed by atoms with van der Waals surface area (Å²) in [7, 11) is -3.77. The van der Waals surface area contributed by atoms with Crippen LogP contribution < -0.4 is 9.62 Å². The third kappa shape index (κ3) is 3.11. The van der Waals surface area contributed by atoms with Crippen molar-refractivity contribution in [2.45, 2.75) is 17.9 Å². The van der Waals surface area contributed by atoms with Gasteiger partial charge in [0.05, 0.1) is 26.7 Å². The number of sulfonamides is 1. The summed E-state index contributed by atoms with van der Waals surface area (Å²) in [5.41, 5.74) is 1.29. The highest BCUT2D eigenvalue weighted by molar-refractivity contribution is 7.93. The minimum Gasteiger partial charge on any atom is -0.348 e. The quantitative estimate of drug-likeness (QED) is 0.655. The Morgan fingerprint density at radius 2 is 1.79 bits per heavy atom. The molecule has 1 aliphatic rings. The molecule has 8 heteroatoms. The van der Waals surface area contributed by atoms with Crippen LogP contribution in [0, 0.1) is 0 Å². The van der Waals surface area contributed by atoms with E-state index in [4.69, 9.17) is 23.2 Å².